The van der Waals surface area contributed by atoms with E-state index in [0.29, 0.717) is 19.1 Å². The van der Waals surface area contributed by atoms with Gasteiger partial charge in [-0.15, -0.1) is 0 Å². The molecule has 1 aromatic heterocycles. The fraction of sp³-hybridized carbons (Fsp3) is 0.692. The van der Waals surface area contributed by atoms with E-state index in [0.717, 1.165) is 18.8 Å². The quantitative estimate of drug-likeness (QED) is 0.769. The van der Waals surface area contributed by atoms with Crippen molar-refractivity contribution in [2.45, 2.75) is 25.5 Å². The molecular weight excluding hydrogens is 246 g/mol. The van der Waals surface area contributed by atoms with Crippen molar-refractivity contribution >= 4 is 5.82 Å². The molecule has 0 N–H and O–H groups in total. The highest BCUT2D eigenvalue weighted by Crippen LogP contribution is 2.26. The largest absolute Gasteiger partial charge is 0.477 e. The van der Waals surface area contributed by atoms with Gasteiger partial charge in [-0.1, -0.05) is 0 Å². The van der Waals surface area contributed by atoms with Crippen LogP contribution in [0.4, 0.5) is 5.82 Å². The van der Waals surface area contributed by atoms with Gasteiger partial charge in [0.2, 0.25) is 5.88 Å². The fourth-order valence-electron chi connectivity index (χ4n) is 2.37. The Hall–Kier alpha value is -1.40. The van der Waals surface area contributed by atoms with Gasteiger partial charge in [-0.25, -0.2) is 0 Å². The lowest BCUT2D eigenvalue weighted by Crippen LogP contribution is -2.33. The first kappa shape index (κ1) is 14.0. The molecule has 0 spiro atoms. The minimum atomic E-state index is 0.206. The summed E-state index contributed by atoms with van der Waals surface area (Å²) in [5.74, 6) is 1.37. The summed E-state index contributed by atoms with van der Waals surface area (Å²) in [6.07, 6.45) is 4.52. The Labute approximate surface area is 113 Å². The number of ether oxygens (including phenoxy) is 3. The van der Waals surface area contributed by atoms with Crippen molar-refractivity contribution in [1.82, 2.24) is 9.97 Å². The summed E-state index contributed by atoms with van der Waals surface area (Å²) in [4.78, 5) is 10.8. The average Bonchev–Trinajstić information content (AvgIpc) is 2.83. The second-order valence-electron chi connectivity index (χ2n) is 4.50. The number of aromatic nitrogens is 2. The summed E-state index contributed by atoms with van der Waals surface area (Å²) in [7, 11) is 3.45. The number of rotatable bonds is 6. The molecule has 2 atom stereocenters. The Bertz CT molecular complexity index is 402. The fourth-order valence-corrected chi connectivity index (χ4v) is 2.37. The molecule has 0 unspecified atom stereocenters. The van der Waals surface area contributed by atoms with E-state index in [1.807, 2.05) is 6.92 Å². The summed E-state index contributed by atoms with van der Waals surface area (Å²) < 4.78 is 16.1. The Kier molecular flexibility index (Phi) is 4.93. The van der Waals surface area contributed by atoms with E-state index in [2.05, 4.69) is 14.9 Å². The molecule has 1 aliphatic heterocycles. The lowest BCUT2D eigenvalue weighted by Gasteiger charge is -2.24. The van der Waals surface area contributed by atoms with Crippen molar-refractivity contribution in [1.29, 1.82) is 0 Å². The molecule has 0 aromatic carbocycles. The highest BCUT2D eigenvalue weighted by Gasteiger charge is 2.33. The maximum atomic E-state index is 5.44. The van der Waals surface area contributed by atoms with E-state index in [4.69, 9.17) is 14.2 Å². The molecule has 1 saturated heterocycles. The smallest absolute Gasteiger partial charge is 0.234 e. The van der Waals surface area contributed by atoms with Crippen molar-refractivity contribution in [2.75, 3.05) is 38.9 Å². The monoisotopic (exact) mass is 267 g/mol. The van der Waals surface area contributed by atoms with Crippen molar-refractivity contribution in [3.63, 3.8) is 0 Å². The molecule has 1 aliphatic rings. The Morgan fingerprint density at radius 2 is 2.21 bits per heavy atom. The maximum Gasteiger partial charge on any atom is 0.234 e. The molecule has 19 heavy (non-hydrogen) atoms. The number of anilines is 1. The zero-order valence-corrected chi connectivity index (χ0v) is 11.7. The Morgan fingerprint density at radius 1 is 1.37 bits per heavy atom. The third-order valence-corrected chi connectivity index (χ3v) is 3.25. The molecule has 0 aliphatic carbocycles. The van der Waals surface area contributed by atoms with Crippen molar-refractivity contribution in [3.8, 4) is 5.88 Å². The van der Waals surface area contributed by atoms with Crippen LogP contribution < -0.4 is 9.64 Å². The summed E-state index contributed by atoms with van der Waals surface area (Å²) in [6, 6.07) is 0.265. The SMILES string of the molecule is CCOc1cncc(N2C[C@H](OC)C[C@H]2COC)n1. The Morgan fingerprint density at radius 3 is 2.89 bits per heavy atom. The lowest BCUT2D eigenvalue weighted by atomic mass is 10.2. The van der Waals surface area contributed by atoms with Crippen LogP contribution in [0.1, 0.15) is 13.3 Å². The van der Waals surface area contributed by atoms with Gasteiger partial charge < -0.3 is 19.1 Å². The molecule has 0 amide bonds. The first-order chi connectivity index (χ1) is 9.28. The van der Waals surface area contributed by atoms with E-state index in [1.54, 1.807) is 26.6 Å². The molecule has 2 rings (SSSR count). The van der Waals surface area contributed by atoms with Gasteiger partial charge in [-0.3, -0.25) is 4.98 Å². The topological polar surface area (TPSA) is 56.7 Å². The van der Waals surface area contributed by atoms with E-state index < -0.39 is 0 Å². The summed E-state index contributed by atoms with van der Waals surface area (Å²) >= 11 is 0. The zero-order chi connectivity index (χ0) is 13.7. The second kappa shape index (κ2) is 6.68. The van der Waals surface area contributed by atoms with Gasteiger partial charge in [0, 0.05) is 20.8 Å². The summed E-state index contributed by atoms with van der Waals surface area (Å²) in [5, 5.41) is 0. The van der Waals surface area contributed by atoms with Gasteiger partial charge in [0.15, 0.2) is 5.82 Å². The predicted molar refractivity (Wildman–Crippen MR) is 71.6 cm³/mol. The normalized spacial score (nSPS) is 22.8. The first-order valence-corrected chi connectivity index (χ1v) is 6.51. The minimum Gasteiger partial charge on any atom is -0.477 e. The molecule has 0 saturated carbocycles. The number of methoxy groups -OCH3 is 2. The van der Waals surface area contributed by atoms with Crippen LogP contribution in [0.2, 0.25) is 0 Å². The van der Waals surface area contributed by atoms with Gasteiger partial charge in [0.25, 0.3) is 0 Å². The van der Waals surface area contributed by atoms with Crippen LogP contribution >= 0.6 is 0 Å². The van der Waals surface area contributed by atoms with Gasteiger partial charge in [-0.05, 0) is 13.3 Å². The zero-order valence-electron chi connectivity index (χ0n) is 11.7. The molecule has 0 radical (unpaired) electrons. The Balaban J connectivity index is 2.15. The minimum absolute atomic E-state index is 0.206. The predicted octanol–water partition coefficient (Wildman–Crippen LogP) is 1.12. The summed E-state index contributed by atoms with van der Waals surface area (Å²) in [5.41, 5.74) is 0. The third-order valence-electron chi connectivity index (χ3n) is 3.25. The molecule has 0 bridgehead atoms. The van der Waals surface area contributed by atoms with Crippen molar-refractivity contribution in [2.24, 2.45) is 0 Å². The number of hydrogen-bond acceptors (Lipinski definition) is 6. The van der Waals surface area contributed by atoms with Crippen LogP contribution in [-0.2, 0) is 9.47 Å². The van der Waals surface area contributed by atoms with Gasteiger partial charge in [-0.2, -0.15) is 4.98 Å². The number of nitrogens with zero attached hydrogens (tertiary/aromatic N) is 3. The van der Waals surface area contributed by atoms with Crippen LogP contribution in [0, 0.1) is 0 Å². The van der Waals surface area contributed by atoms with Gasteiger partial charge in [0.05, 0.1) is 37.8 Å². The standard InChI is InChI=1S/C13H21N3O3/c1-4-19-13-7-14-6-12(15-13)16-8-11(18-3)5-10(16)9-17-2/h6-7,10-11H,4-5,8-9H2,1-3H3/t10-,11+/m0/s1. The van der Waals surface area contributed by atoms with Crippen LogP contribution in [0.25, 0.3) is 0 Å². The molecule has 6 nitrogen and oxygen atoms in total. The van der Waals surface area contributed by atoms with Crippen LogP contribution in [0.3, 0.4) is 0 Å². The molecule has 2 heterocycles. The van der Waals surface area contributed by atoms with E-state index in [1.165, 1.54) is 0 Å². The lowest BCUT2D eigenvalue weighted by molar-refractivity contribution is 0.111. The highest BCUT2D eigenvalue weighted by atomic mass is 16.5. The highest BCUT2D eigenvalue weighted by molar-refractivity contribution is 5.41. The maximum absolute atomic E-state index is 5.44. The van der Waals surface area contributed by atoms with Gasteiger partial charge in [0.1, 0.15) is 0 Å². The third kappa shape index (κ3) is 3.33. The first-order valence-electron chi connectivity index (χ1n) is 6.51. The molecular formula is C13H21N3O3. The second-order valence-corrected chi connectivity index (χ2v) is 4.50. The average molecular weight is 267 g/mol. The van der Waals surface area contributed by atoms with Crippen molar-refractivity contribution < 1.29 is 14.2 Å². The summed E-state index contributed by atoms with van der Waals surface area (Å²) in [6.45, 7) is 3.97. The molecule has 6 heteroatoms. The number of hydrogen-bond donors (Lipinski definition) is 0. The van der Waals surface area contributed by atoms with E-state index >= 15 is 0 Å². The van der Waals surface area contributed by atoms with E-state index in [-0.39, 0.29) is 12.1 Å². The van der Waals surface area contributed by atoms with Crippen LogP contribution in [0.15, 0.2) is 12.4 Å². The molecule has 1 aromatic rings. The van der Waals surface area contributed by atoms with Gasteiger partial charge >= 0.3 is 0 Å². The van der Waals surface area contributed by atoms with Crippen LogP contribution in [0.5, 0.6) is 5.88 Å². The van der Waals surface area contributed by atoms with Crippen LogP contribution in [-0.4, -0.2) is 56.1 Å². The molecule has 106 valence electrons. The molecule has 1 fully saturated rings. The van der Waals surface area contributed by atoms with E-state index in [9.17, 15) is 0 Å². The van der Waals surface area contributed by atoms with Crippen molar-refractivity contribution in [3.05, 3.63) is 12.4 Å².